The van der Waals surface area contributed by atoms with E-state index in [1.807, 2.05) is 6.07 Å². The van der Waals surface area contributed by atoms with E-state index >= 15 is 0 Å². The maximum Gasteiger partial charge on any atom is 0.0770 e. The summed E-state index contributed by atoms with van der Waals surface area (Å²) in [6.07, 6.45) is 0. The molecule has 0 aliphatic rings. The quantitative estimate of drug-likeness (QED) is 0.831. The molecule has 2 aromatic rings. The van der Waals surface area contributed by atoms with Gasteiger partial charge in [-0.15, -0.1) is 0 Å². The summed E-state index contributed by atoms with van der Waals surface area (Å²) in [6.45, 7) is 4.78. The molecular weight excluding hydrogens is 222 g/mol. The molecule has 0 spiro atoms. The fraction of sp³-hybridized carbons (Fsp3) is 0.250. The molecule has 2 heteroatoms. The summed E-state index contributed by atoms with van der Waals surface area (Å²) in [5.74, 6) is 5.24. The zero-order chi connectivity index (χ0) is 13.0. The minimum atomic E-state index is -0.110. The average molecular weight is 241 g/mol. The van der Waals surface area contributed by atoms with E-state index in [2.05, 4.69) is 62.4 Å². The molecule has 0 saturated heterocycles. The molecule has 2 rings (SSSR count). The van der Waals surface area contributed by atoms with E-state index < -0.39 is 0 Å². The van der Waals surface area contributed by atoms with Crippen LogP contribution in [-0.2, 0) is 10.3 Å². The van der Waals surface area contributed by atoms with Crippen molar-refractivity contribution in [3.63, 3.8) is 0 Å². The van der Waals surface area contributed by atoms with E-state index in [1.54, 1.807) is 0 Å². The van der Waals surface area contributed by atoms with Gasteiger partial charge in [0, 0.05) is 5.41 Å². The lowest BCUT2D eigenvalue weighted by Gasteiger charge is -2.26. The summed E-state index contributed by atoms with van der Waals surface area (Å²) < 4.78 is 0. The van der Waals surface area contributed by atoms with Crippen molar-refractivity contribution in [3.05, 3.63) is 60.2 Å². The van der Waals surface area contributed by atoms with Gasteiger partial charge in [0.25, 0.3) is 0 Å². The summed E-state index contributed by atoms with van der Waals surface area (Å²) in [4.78, 5) is 4.85. The molecule has 0 radical (unpaired) electrons. The maximum absolute atomic E-state index is 5.24. The molecule has 0 atom stereocenters. The second-order valence-electron chi connectivity index (χ2n) is 5.11. The van der Waals surface area contributed by atoms with E-state index in [9.17, 15) is 0 Å². The lowest BCUT2D eigenvalue weighted by Crippen LogP contribution is -2.26. The number of hydrogen-bond acceptors (Lipinski definition) is 2. The topological polar surface area (TPSA) is 35.2 Å². The standard InChI is InChI=1S/C16H19NO/c1-16(2,12-18-17)15-11-7-6-10-14(15)13-8-4-3-5-9-13/h3-11H,12,17H2,1-2H3. The first-order chi connectivity index (χ1) is 8.65. The van der Waals surface area contributed by atoms with Gasteiger partial charge in [-0.25, -0.2) is 5.90 Å². The largest absolute Gasteiger partial charge is 0.304 e. The number of hydrogen-bond donors (Lipinski definition) is 1. The molecule has 0 saturated carbocycles. The van der Waals surface area contributed by atoms with Crippen LogP contribution in [0.2, 0.25) is 0 Å². The molecule has 0 aliphatic carbocycles. The Morgan fingerprint density at radius 2 is 1.56 bits per heavy atom. The first-order valence-corrected chi connectivity index (χ1v) is 6.12. The highest BCUT2D eigenvalue weighted by Crippen LogP contribution is 2.33. The van der Waals surface area contributed by atoms with Gasteiger partial charge >= 0.3 is 0 Å². The molecule has 0 unspecified atom stereocenters. The van der Waals surface area contributed by atoms with E-state index in [-0.39, 0.29) is 5.41 Å². The maximum atomic E-state index is 5.24. The van der Waals surface area contributed by atoms with Gasteiger partial charge in [0.2, 0.25) is 0 Å². The molecule has 94 valence electrons. The van der Waals surface area contributed by atoms with Gasteiger partial charge in [0.15, 0.2) is 0 Å². The fourth-order valence-corrected chi connectivity index (χ4v) is 2.23. The van der Waals surface area contributed by atoms with Gasteiger partial charge in [-0.1, -0.05) is 68.4 Å². The van der Waals surface area contributed by atoms with Crippen molar-refractivity contribution in [2.75, 3.05) is 6.61 Å². The van der Waals surface area contributed by atoms with E-state index in [1.165, 1.54) is 16.7 Å². The molecular formula is C16H19NO. The predicted octanol–water partition coefficient (Wildman–Crippen LogP) is 3.52. The lowest BCUT2D eigenvalue weighted by atomic mass is 9.81. The zero-order valence-electron chi connectivity index (χ0n) is 10.9. The van der Waals surface area contributed by atoms with Crippen molar-refractivity contribution in [1.29, 1.82) is 0 Å². The van der Waals surface area contributed by atoms with Gasteiger partial charge in [0.1, 0.15) is 0 Å². The third-order valence-corrected chi connectivity index (χ3v) is 3.19. The van der Waals surface area contributed by atoms with Crippen LogP contribution in [0.15, 0.2) is 54.6 Å². The highest BCUT2D eigenvalue weighted by Gasteiger charge is 2.23. The van der Waals surface area contributed by atoms with Crippen LogP contribution in [0.4, 0.5) is 0 Å². The van der Waals surface area contributed by atoms with Gasteiger partial charge < -0.3 is 4.84 Å². The minimum Gasteiger partial charge on any atom is -0.304 e. The van der Waals surface area contributed by atoms with E-state index in [0.717, 1.165) is 0 Å². The first-order valence-electron chi connectivity index (χ1n) is 6.12. The van der Waals surface area contributed by atoms with Crippen molar-refractivity contribution < 1.29 is 4.84 Å². The van der Waals surface area contributed by atoms with Crippen LogP contribution in [0, 0.1) is 0 Å². The van der Waals surface area contributed by atoms with Crippen LogP contribution in [0.1, 0.15) is 19.4 Å². The van der Waals surface area contributed by atoms with Crippen LogP contribution in [0.3, 0.4) is 0 Å². The summed E-state index contributed by atoms with van der Waals surface area (Å²) in [6, 6.07) is 18.8. The van der Waals surface area contributed by atoms with Gasteiger partial charge in [-0.3, -0.25) is 0 Å². The molecule has 2 nitrogen and oxygen atoms in total. The average Bonchev–Trinajstić information content (AvgIpc) is 2.40. The summed E-state index contributed by atoms with van der Waals surface area (Å²) in [5, 5.41) is 0. The van der Waals surface area contributed by atoms with Gasteiger partial charge in [-0.2, -0.15) is 0 Å². The Morgan fingerprint density at radius 1 is 0.944 bits per heavy atom. The number of rotatable bonds is 4. The Hall–Kier alpha value is -1.64. The Balaban J connectivity index is 2.50. The van der Waals surface area contributed by atoms with E-state index in [4.69, 9.17) is 10.7 Å². The Bertz CT molecular complexity index is 506. The molecule has 0 aliphatic heterocycles. The summed E-state index contributed by atoms with van der Waals surface area (Å²) >= 11 is 0. The monoisotopic (exact) mass is 241 g/mol. The Labute approximate surface area is 108 Å². The minimum absolute atomic E-state index is 0.110. The van der Waals surface area contributed by atoms with Crippen LogP contribution in [0.5, 0.6) is 0 Å². The highest BCUT2D eigenvalue weighted by molar-refractivity contribution is 5.68. The zero-order valence-corrected chi connectivity index (χ0v) is 10.9. The molecule has 2 N–H and O–H groups in total. The SMILES string of the molecule is CC(C)(CON)c1ccccc1-c1ccccc1. The summed E-state index contributed by atoms with van der Waals surface area (Å²) in [5.41, 5.74) is 3.60. The highest BCUT2D eigenvalue weighted by atomic mass is 16.6. The van der Waals surface area contributed by atoms with Crippen LogP contribution < -0.4 is 5.90 Å². The smallest absolute Gasteiger partial charge is 0.0770 e. The normalized spacial score (nSPS) is 11.5. The third kappa shape index (κ3) is 2.61. The van der Waals surface area contributed by atoms with Crippen LogP contribution >= 0.6 is 0 Å². The lowest BCUT2D eigenvalue weighted by molar-refractivity contribution is 0.0966. The number of nitrogens with two attached hydrogens (primary N) is 1. The Morgan fingerprint density at radius 3 is 2.22 bits per heavy atom. The molecule has 0 heterocycles. The van der Waals surface area contributed by atoms with Crippen molar-refractivity contribution in [2.45, 2.75) is 19.3 Å². The number of benzene rings is 2. The van der Waals surface area contributed by atoms with Crippen molar-refractivity contribution in [3.8, 4) is 11.1 Å². The molecule has 0 bridgehead atoms. The van der Waals surface area contributed by atoms with Crippen molar-refractivity contribution in [1.82, 2.24) is 0 Å². The molecule has 0 fully saturated rings. The van der Waals surface area contributed by atoms with E-state index in [0.29, 0.717) is 6.61 Å². The Kier molecular flexibility index (Phi) is 3.80. The first kappa shape index (κ1) is 12.8. The van der Waals surface area contributed by atoms with Crippen LogP contribution in [-0.4, -0.2) is 6.61 Å². The third-order valence-electron chi connectivity index (χ3n) is 3.19. The second kappa shape index (κ2) is 5.34. The molecule has 0 amide bonds. The molecule has 2 aromatic carbocycles. The van der Waals surface area contributed by atoms with Crippen molar-refractivity contribution >= 4 is 0 Å². The predicted molar refractivity (Wildman–Crippen MR) is 75.0 cm³/mol. The van der Waals surface area contributed by atoms with Gasteiger partial charge in [0.05, 0.1) is 6.61 Å². The molecule has 0 aromatic heterocycles. The fourth-order valence-electron chi connectivity index (χ4n) is 2.23. The van der Waals surface area contributed by atoms with Crippen molar-refractivity contribution in [2.24, 2.45) is 5.90 Å². The van der Waals surface area contributed by atoms with Gasteiger partial charge in [-0.05, 0) is 16.7 Å². The molecule has 18 heavy (non-hydrogen) atoms. The second-order valence-corrected chi connectivity index (χ2v) is 5.11. The van der Waals surface area contributed by atoms with Crippen LogP contribution in [0.25, 0.3) is 11.1 Å². The summed E-state index contributed by atoms with van der Waals surface area (Å²) in [7, 11) is 0.